The molecule has 0 saturated heterocycles. The van der Waals surface area contributed by atoms with E-state index in [9.17, 15) is 8.78 Å². The third-order valence-electron chi connectivity index (χ3n) is 1.71. The largest absolute Gasteiger partial charge is 0.366 e. The summed E-state index contributed by atoms with van der Waals surface area (Å²) in [4.78, 5) is 3.69. The molecule has 0 spiro atoms. The summed E-state index contributed by atoms with van der Waals surface area (Å²) >= 11 is 0. The molecule has 1 heterocycles. The highest BCUT2D eigenvalue weighted by atomic mass is 19.2. The minimum absolute atomic E-state index is 0.00852. The SMILES string of the molecule is Nc1n[nH]c(-c2cccc(F)c2F)n1. The second kappa shape index (κ2) is 3.06. The lowest BCUT2D eigenvalue weighted by molar-refractivity contribution is 0.510. The zero-order valence-electron chi connectivity index (χ0n) is 6.96. The summed E-state index contributed by atoms with van der Waals surface area (Å²) in [5.74, 6) is -1.80. The molecule has 1 aromatic heterocycles. The van der Waals surface area contributed by atoms with Crippen LogP contribution in [0.4, 0.5) is 14.7 Å². The molecule has 6 heteroatoms. The van der Waals surface area contributed by atoms with Crippen molar-refractivity contribution in [1.82, 2.24) is 15.2 Å². The molecule has 0 amide bonds. The average Bonchev–Trinajstić information content (AvgIpc) is 2.57. The number of benzene rings is 1. The number of halogens is 2. The van der Waals surface area contributed by atoms with Gasteiger partial charge in [0.25, 0.3) is 0 Å². The minimum atomic E-state index is -0.969. The monoisotopic (exact) mass is 196 g/mol. The van der Waals surface area contributed by atoms with Crippen molar-refractivity contribution in [3.05, 3.63) is 29.8 Å². The summed E-state index contributed by atoms with van der Waals surface area (Å²) in [7, 11) is 0. The van der Waals surface area contributed by atoms with Crippen molar-refractivity contribution in [3.8, 4) is 11.4 Å². The second-order valence-electron chi connectivity index (χ2n) is 2.64. The predicted molar refractivity (Wildman–Crippen MR) is 46.1 cm³/mol. The van der Waals surface area contributed by atoms with Gasteiger partial charge in [-0.05, 0) is 12.1 Å². The molecule has 0 aliphatic heterocycles. The molecule has 3 N–H and O–H groups in total. The van der Waals surface area contributed by atoms with Crippen molar-refractivity contribution >= 4 is 5.95 Å². The van der Waals surface area contributed by atoms with E-state index in [1.165, 1.54) is 12.1 Å². The van der Waals surface area contributed by atoms with Crippen LogP contribution in [0.25, 0.3) is 11.4 Å². The molecule has 0 bridgehead atoms. The summed E-state index contributed by atoms with van der Waals surface area (Å²) in [5, 5.41) is 5.91. The van der Waals surface area contributed by atoms with Gasteiger partial charge in [0.15, 0.2) is 17.5 Å². The molecule has 0 aliphatic carbocycles. The minimum Gasteiger partial charge on any atom is -0.366 e. The number of rotatable bonds is 1. The van der Waals surface area contributed by atoms with E-state index in [1.807, 2.05) is 0 Å². The molecule has 4 nitrogen and oxygen atoms in total. The van der Waals surface area contributed by atoms with Crippen molar-refractivity contribution in [2.45, 2.75) is 0 Å². The fourth-order valence-corrected chi connectivity index (χ4v) is 1.08. The maximum absolute atomic E-state index is 13.2. The molecule has 72 valence electrons. The van der Waals surface area contributed by atoms with E-state index in [0.717, 1.165) is 6.07 Å². The Bertz CT molecular complexity index is 466. The molecule has 2 aromatic rings. The Morgan fingerprint density at radius 2 is 2.07 bits per heavy atom. The number of aromatic nitrogens is 3. The Morgan fingerprint density at radius 1 is 1.29 bits per heavy atom. The van der Waals surface area contributed by atoms with E-state index in [-0.39, 0.29) is 17.3 Å². The molecule has 14 heavy (non-hydrogen) atoms. The lowest BCUT2D eigenvalue weighted by Crippen LogP contribution is -1.91. The van der Waals surface area contributed by atoms with Crippen LogP contribution in [0.5, 0.6) is 0 Å². The summed E-state index contributed by atoms with van der Waals surface area (Å²) < 4.78 is 26.0. The first kappa shape index (κ1) is 8.61. The first-order chi connectivity index (χ1) is 6.68. The van der Waals surface area contributed by atoms with Gasteiger partial charge in [-0.15, -0.1) is 5.10 Å². The van der Waals surface area contributed by atoms with Crippen LogP contribution in [0.15, 0.2) is 18.2 Å². The fourth-order valence-electron chi connectivity index (χ4n) is 1.08. The van der Waals surface area contributed by atoms with Gasteiger partial charge in [0, 0.05) is 0 Å². The maximum atomic E-state index is 13.2. The Labute approximate surface area is 77.8 Å². The van der Waals surface area contributed by atoms with E-state index in [1.54, 1.807) is 0 Å². The molecule has 0 fully saturated rings. The fraction of sp³-hybridized carbons (Fsp3) is 0. The van der Waals surface area contributed by atoms with Gasteiger partial charge in [-0.1, -0.05) is 6.07 Å². The number of hydrogen-bond donors (Lipinski definition) is 2. The van der Waals surface area contributed by atoms with Gasteiger partial charge in [-0.2, -0.15) is 4.98 Å². The van der Waals surface area contributed by atoms with Gasteiger partial charge in [0.2, 0.25) is 5.95 Å². The second-order valence-corrected chi connectivity index (χ2v) is 2.64. The Balaban J connectivity index is 2.57. The standard InChI is InChI=1S/C8H6F2N4/c9-5-3-1-2-4(6(5)10)7-12-8(11)14-13-7/h1-3H,(H3,11,12,13,14). The lowest BCUT2D eigenvalue weighted by Gasteiger charge is -1.98. The molecule has 2 rings (SSSR count). The highest BCUT2D eigenvalue weighted by Crippen LogP contribution is 2.20. The number of aromatic amines is 1. The van der Waals surface area contributed by atoms with Gasteiger partial charge >= 0.3 is 0 Å². The number of H-pyrrole nitrogens is 1. The van der Waals surface area contributed by atoms with Crippen LogP contribution in [0.1, 0.15) is 0 Å². The highest BCUT2D eigenvalue weighted by molar-refractivity contribution is 5.56. The lowest BCUT2D eigenvalue weighted by atomic mass is 10.2. The van der Waals surface area contributed by atoms with Crippen LogP contribution in [0.2, 0.25) is 0 Å². The smallest absolute Gasteiger partial charge is 0.239 e. The van der Waals surface area contributed by atoms with Gasteiger partial charge in [-0.25, -0.2) is 8.78 Å². The van der Waals surface area contributed by atoms with Gasteiger partial charge in [0.05, 0.1) is 5.56 Å². The summed E-state index contributed by atoms with van der Waals surface area (Å²) in [5.41, 5.74) is 5.24. The van der Waals surface area contributed by atoms with Crippen molar-refractivity contribution in [3.63, 3.8) is 0 Å². The van der Waals surface area contributed by atoms with Crippen LogP contribution in [0.3, 0.4) is 0 Å². The van der Waals surface area contributed by atoms with Crippen LogP contribution in [-0.2, 0) is 0 Å². The quantitative estimate of drug-likeness (QED) is 0.723. The van der Waals surface area contributed by atoms with Crippen LogP contribution in [0, 0.1) is 11.6 Å². The van der Waals surface area contributed by atoms with Gasteiger partial charge in [0.1, 0.15) is 0 Å². The Hall–Kier alpha value is -1.98. The van der Waals surface area contributed by atoms with Gasteiger partial charge in [-0.3, -0.25) is 5.10 Å². The van der Waals surface area contributed by atoms with E-state index < -0.39 is 11.6 Å². The number of nitrogens with zero attached hydrogens (tertiary/aromatic N) is 2. The molecule has 0 aliphatic rings. The maximum Gasteiger partial charge on any atom is 0.239 e. The Morgan fingerprint density at radius 3 is 2.71 bits per heavy atom. The van der Waals surface area contributed by atoms with E-state index in [0.29, 0.717) is 0 Å². The summed E-state index contributed by atoms with van der Waals surface area (Å²) in [6.07, 6.45) is 0. The molecule has 1 aromatic carbocycles. The number of anilines is 1. The van der Waals surface area contributed by atoms with Crippen molar-refractivity contribution < 1.29 is 8.78 Å². The number of nitrogens with one attached hydrogen (secondary N) is 1. The highest BCUT2D eigenvalue weighted by Gasteiger charge is 2.12. The topological polar surface area (TPSA) is 67.6 Å². The molecule has 0 unspecified atom stereocenters. The number of hydrogen-bond acceptors (Lipinski definition) is 3. The molecule has 0 atom stereocenters. The predicted octanol–water partition coefficient (Wildman–Crippen LogP) is 1.33. The van der Waals surface area contributed by atoms with Crippen molar-refractivity contribution in [2.24, 2.45) is 0 Å². The molecule has 0 saturated carbocycles. The summed E-state index contributed by atoms with van der Waals surface area (Å²) in [6.45, 7) is 0. The average molecular weight is 196 g/mol. The first-order valence-corrected chi connectivity index (χ1v) is 3.81. The normalized spacial score (nSPS) is 10.4. The zero-order valence-corrected chi connectivity index (χ0v) is 6.96. The van der Waals surface area contributed by atoms with Crippen LogP contribution >= 0.6 is 0 Å². The zero-order chi connectivity index (χ0) is 10.1. The number of nitrogen functional groups attached to an aromatic ring is 1. The molecular formula is C8H6F2N4. The van der Waals surface area contributed by atoms with Crippen molar-refractivity contribution in [1.29, 1.82) is 0 Å². The first-order valence-electron chi connectivity index (χ1n) is 3.81. The van der Waals surface area contributed by atoms with Crippen LogP contribution in [-0.4, -0.2) is 15.2 Å². The third-order valence-corrected chi connectivity index (χ3v) is 1.71. The number of nitrogens with two attached hydrogens (primary N) is 1. The summed E-state index contributed by atoms with van der Waals surface area (Å²) in [6, 6.07) is 3.80. The third kappa shape index (κ3) is 1.30. The molecule has 0 radical (unpaired) electrons. The van der Waals surface area contributed by atoms with E-state index >= 15 is 0 Å². The van der Waals surface area contributed by atoms with Crippen molar-refractivity contribution in [2.75, 3.05) is 5.73 Å². The van der Waals surface area contributed by atoms with Crippen LogP contribution < -0.4 is 5.73 Å². The molecular weight excluding hydrogens is 190 g/mol. The van der Waals surface area contributed by atoms with Gasteiger partial charge < -0.3 is 5.73 Å². The van der Waals surface area contributed by atoms with E-state index in [4.69, 9.17) is 5.73 Å². The Kier molecular flexibility index (Phi) is 1.88. The van der Waals surface area contributed by atoms with E-state index in [2.05, 4.69) is 15.2 Å².